The standard InChI is InChI=1S/C48H92O6/c1-4-7-10-13-16-19-20-21-22-23-24-25-26-27-28-29-30-33-35-38-41-47(50)53-44-45(54-48(51)42-39-36-32-18-15-12-9-6-3)43-52-46(49)40-37-34-31-17-14-11-8-5-2/h45H,4-44H2,1-3H3. The Hall–Kier alpha value is -1.59. The molecule has 320 valence electrons. The van der Waals surface area contributed by atoms with Crippen molar-refractivity contribution in [1.82, 2.24) is 0 Å². The normalized spacial score (nSPS) is 11.8. The van der Waals surface area contributed by atoms with Gasteiger partial charge in [0, 0.05) is 19.3 Å². The molecule has 6 heteroatoms. The summed E-state index contributed by atoms with van der Waals surface area (Å²) in [6.45, 7) is 6.61. The van der Waals surface area contributed by atoms with Gasteiger partial charge in [-0.05, 0) is 19.3 Å². The second kappa shape index (κ2) is 44.1. The van der Waals surface area contributed by atoms with Crippen LogP contribution in [0.2, 0.25) is 0 Å². The van der Waals surface area contributed by atoms with Gasteiger partial charge in [0.25, 0.3) is 0 Å². The molecule has 0 aliphatic rings. The maximum absolute atomic E-state index is 12.6. The Bertz CT molecular complexity index is 798. The molecule has 0 radical (unpaired) electrons. The van der Waals surface area contributed by atoms with Crippen molar-refractivity contribution in [3.05, 3.63) is 0 Å². The van der Waals surface area contributed by atoms with Crippen LogP contribution in [-0.2, 0) is 28.6 Å². The monoisotopic (exact) mass is 765 g/mol. The summed E-state index contributed by atoms with van der Waals surface area (Å²) in [4.78, 5) is 37.6. The first-order valence-electron chi connectivity index (χ1n) is 24.0. The Morgan fingerprint density at radius 3 is 0.741 bits per heavy atom. The summed E-state index contributed by atoms with van der Waals surface area (Å²) in [5.74, 6) is -0.859. The number of hydrogen-bond donors (Lipinski definition) is 0. The van der Waals surface area contributed by atoms with Crippen LogP contribution < -0.4 is 0 Å². The first-order valence-corrected chi connectivity index (χ1v) is 24.0. The van der Waals surface area contributed by atoms with Crippen LogP contribution in [0.15, 0.2) is 0 Å². The molecule has 0 spiro atoms. The summed E-state index contributed by atoms with van der Waals surface area (Å²) in [5, 5.41) is 0. The van der Waals surface area contributed by atoms with E-state index in [1.807, 2.05) is 0 Å². The van der Waals surface area contributed by atoms with Crippen molar-refractivity contribution in [1.29, 1.82) is 0 Å². The summed E-state index contributed by atoms with van der Waals surface area (Å²) < 4.78 is 16.7. The van der Waals surface area contributed by atoms with E-state index in [0.717, 1.165) is 57.8 Å². The molecule has 0 aliphatic heterocycles. The number of rotatable bonds is 44. The van der Waals surface area contributed by atoms with Crippen LogP contribution in [0, 0.1) is 0 Å². The van der Waals surface area contributed by atoms with Crippen molar-refractivity contribution in [3.63, 3.8) is 0 Å². The van der Waals surface area contributed by atoms with Crippen LogP contribution >= 0.6 is 0 Å². The molecule has 54 heavy (non-hydrogen) atoms. The minimum atomic E-state index is -0.757. The smallest absolute Gasteiger partial charge is 0.306 e. The number of ether oxygens (including phenoxy) is 3. The van der Waals surface area contributed by atoms with Crippen LogP contribution in [0.1, 0.15) is 271 Å². The topological polar surface area (TPSA) is 78.9 Å². The molecule has 0 bridgehead atoms. The van der Waals surface area contributed by atoms with Crippen molar-refractivity contribution in [2.24, 2.45) is 0 Å². The maximum atomic E-state index is 12.6. The lowest BCUT2D eigenvalue weighted by Gasteiger charge is -2.18. The minimum absolute atomic E-state index is 0.0633. The van der Waals surface area contributed by atoms with E-state index in [9.17, 15) is 14.4 Å². The van der Waals surface area contributed by atoms with Crippen molar-refractivity contribution < 1.29 is 28.6 Å². The molecule has 6 nitrogen and oxygen atoms in total. The summed E-state index contributed by atoms with van der Waals surface area (Å²) in [6, 6.07) is 0. The van der Waals surface area contributed by atoms with Crippen molar-refractivity contribution in [2.45, 2.75) is 277 Å². The van der Waals surface area contributed by atoms with Gasteiger partial charge < -0.3 is 14.2 Å². The Balaban J connectivity index is 4.10. The summed E-state index contributed by atoms with van der Waals surface area (Å²) >= 11 is 0. The highest BCUT2D eigenvalue weighted by Crippen LogP contribution is 2.16. The third-order valence-corrected chi connectivity index (χ3v) is 10.9. The Morgan fingerprint density at radius 2 is 0.500 bits per heavy atom. The lowest BCUT2D eigenvalue weighted by atomic mass is 10.0. The van der Waals surface area contributed by atoms with Crippen LogP contribution in [-0.4, -0.2) is 37.2 Å². The zero-order chi connectivity index (χ0) is 39.4. The van der Waals surface area contributed by atoms with Gasteiger partial charge in [-0.15, -0.1) is 0 Å². The first kappa shape index (κ1) is 52.4. The van der Waals surface area contributed by atoms with E-state index in [1.54, 1.807) is 0 Å². The highest BCUT2D eigenvalue weighted by atomic mass is 16.6. The predicted octanol–water partition coefficient (Wildman–Crippen LogP) is 15.3. The number of carbonyl (C=O) groups excluding carboxylic acids is 3. The fraction of sp³-hybridized carbons (Fsp3) is 0.938. The van der Waals surface area contributed by atoms with Crippen molar-refractivity contribution in [3.8, 4) is 0 Å². The number of unbranched alkanes of at least 4 members (excludes halogenated alkanes) is 33. The minimum Gasteiger partial charge on any atom is -0.462 e. The van der Waals surface area contributed by atoms with Gasteiger partial charge in [-0.1, -0.05) is 233 Å². The number of carbonyl (C=O) groups is 3. The molecule has 0 saturated heterocycles. The van der Waals surface area contributed by atoms with E-state index in [-0.39, 0.29) is 31.1 Å². The zero-order valence-electron chi connectivity index (χ0n) is 36.5. The molecule has 1 atom stereocenters. The summed E-state index contributed by atoms with van der Waals surface area (Å²) in [6.07, 6.45) is 45.4. The van der Waals surface area contributed by atoms with Gasteiger partial charge in [0.15, 0.2) is 6.10 Å². The van der Waals surface area contributed by atoms with Gasteiger partial charge in [-0.3, -0.25) is 14.4 Å². The zero-order valence-corrected chi connectivity index (χ0v) is 36.5. The molecule has 0 rings (SSSR count). The van der Waals surface area contributed by atoms with E-state index < -0.39 is 6.10 Å². The average Bonchev–Trinajstić information content (AvgIpc) is 3.17. The average molecular weight is 765 g/mol. The lowest BCUT2D eigenvalue weighted by Crippen LogP contribution is -2.30. The predicted molar refractivity (Wildman–Crippen MR) is 229 cm³/mol. The van der Waals surface area contributed by atoms with Crippen molar-refractivity contribution in [2.75, 3.05) is 13.2 Å². The number of esters is 3. The fourth-order valence-corrected chi connectivity index (χ4v) is 7.21. The van der Waals surface area contributed by atoms with E-state index in [0.29, 0.717) is 19.3 Å². The third kappa shape index (κ3) is 41.6. The Morgan fingerprint density at radius 1 is 0.296 bits per heavy atom. The molecule has 0 fully saturated rings. The highest BCUT2D eigenvalue weighted by molar-refractivity contribution is 5.71. The van der Waals surface area contributed by atoms with Gasteiger partial charge in [0.1, 0.15) is 13.2 Å². The van der Waals surface area contributed by atoms with Gasteiger partial charge in [-0.2, -0.15) is 0 Å². The van der Waals surface area contributed by atoms with E-state index in [4.69, 9.17) is 14.2 Å². The Labute approximate surface area is 336 Å². The second-order valence-corrected chi connectivity index (χ2v) is 16.4. The molecule has 0 aliphatic carbocycles. The largest absolute Gasteiger partial charge is 0.462 e. The summed E-state index contributed by atoms with van der Waals surface area (Å²) in [5.41, 5.74) is 0. The molecular weight excluding hydrogens is 673 g/mol. The van der Waals surface area contributed by atoms with E-state index in [1.165, 1.54) is 173 Å². The number of hydrogen-bond acceptors (Lipinski definition) is 6. The summed E-state index contributed by atoms with van der Waals surface area (Å²) in [7, 11) is 0. The first-order chi connectivity index (χ1) is 26.5. The third-order valence-electron chi connectivity index (χ3n) is 10.9. The molecule has 0 aromatic rings. The second-order valence-electron chi connectivity index (χ2n) is 16.4. The van der Waals surface area contributed by atoms with Gasteiger partial charge in [-0.25, -0.2) is 0 Å². The highest BCUT2D eigenvalue weighted by Gasteiger charge is 2.19. The Kier molecular flexibility index (Phi) is 42.8. The van der Waals surface area contributed by atoms with E-state index >= 15 is 0 Å². The van der Waals surface area contributed by atoms with Gasteiger partial charge in [0.05, 0.1) is 0 Å². The molecule has 0 N–H and O–H groups in total. The van der Waals surface area contributed by atoms with Crippen LogP contribution in [0.5, 0.6) is 0 Å². The maximum Gasteiger partial charge on any atom is 0.306 e. The fourth-order valence-electron chi connectivity index (χ4n) is 7.21. The molecular formula is C48H92O6. The quantitative estimate of drug-likeness (QED) is 0.0349. The van der Waals surface area contributed by atoms with Crippen LogP contribution in [0.3, 0.4) is 0 Å². The molecule has 0 amide bonds. The molecule has 0 aromatic heterocycles. The lowest BCUT2D eigenvalue weighted by molar-refractivity contribution is -0.167. The molecule has 1 unspecified atom stereocenters. The van der Waals surface area contributed by atoms with Crippen molar-refractivity contribution >= 4 is 17.9 Å². The van der Waals surface area contributed by atoms with Gasteiger partial charge >= 0.3 is 17.9 Å². The molecule has 0 heterocycles. The van der Waals surface area contributed by atoms with E-state index in [2.05, 4.69) is 20.8 Å². The van der Waals surface area contributed by atoms with Gasteiger partial charge in [0.2, 0.25) is 0 Å². The molecule has 0 saturated carbocycles. The molecule has 0 aromatic carbocycles. The SMILES string of the molecule is CCCCCCCCCCCCCCCCCCCCCCC(=O)OCC(COC(=O)CCCCCCCCCC)OC(=O)CCCCCCCCCC. The van der Waals surface area contributed by atoms with Crippen LogP contribution in [0.25, 0.3) is 0 Å². The van der Waals surface area contributed by atoms with Crippen LogP contribution in [0.4, 0.5) is 0 Å².